The van der Waals surface area contributed by atoms with Crippen LogP contribution in [0.15, 0.2) is 24.3 Å². The van der Waals surface area contributed by atoms with Crippen LogP contribution in [-0.4, -0.2) is 79.4 Å². The molecule has 1 aromatic carbocycles. The number of alkyl halides is 1. The Morgan fingerprint density at radius 1 is 1.03 bits per heavy atom. The number of nitrogens with zero attached hydrogens (tertiary/aromatic N) is 1. The van der Waals surface area contributed by atoms with Gasteiger partial charge < -0.3 is 18.9 Å². The molecule has 0 saturated heterocycles. The summed E-state index contributed by atoms with van der Waals surface area (Å²) in [5.74, 6) is -0.969. The molecule has 12 heteroatoms. The number of aldehydes is 1. The number of hydrogen-bond acceptors (Lipinski definition) is 8. The van der Waals surface area contributed by atoms with E-state index in [1.807, 2.05) is 21.1 Å². The van der Waals surface area contributed by atoms with E-state index in [2.05, 4.69) is 15.9 Å². The van der Waals surface area contributed by atoms with Gasteiger partial charge in [-0.3, -0.25) is 23.4 Å². The molecule has 0 aliphatic rings. The van der Waals surface area contributed by atoms with Gasteiger partial charge >= 0.3 is 19.8 Å². The Morgan fingerprint density at radius 2 is 1.59 bits per heavy atom. The number of esters is 2. The van der Waals surface area contributed by atoms with E-state index >= 15 is 0 Å². The number of carbonyl (C=O) groups excluding carboxylic acids is 3. The summed E-state index contributed by atoms with van der Waals surface area (Å²) in [7, 11) is 1.48. The first-order valence-electron chi connectivity index (χ1n) is 10.5. The first kappa shape index (κ1) is 30.4. The number of ether oxygens (including phenoxy) is 2. The van der Waals surface area contributed by atoms with Crippen molar-refractivity contribution in [1.82, 2.24) is 0 Å². The van der Waals surface area contributed by atoms with Gasteiger partial charge in [0.2, 0.25) is 0 Å². The zero-order chi connectivity index (χ0) is 26.2. The smallest absolute Gasteiger partial charge is 0.462 e. The Balaban J connectivity index is 2.53. The minimum Gasteiger partial charge on any atom is -0.462 e. The summed E-state index contributed by atoms with van der Waals surface area (Å²) in [4.78, 5) is 45.6. The second-order valence-corrected chi connectivity index (χ2v) is 12.8. The molecule has 1 aromatic rings. The van der Waals surface area contributed by atoms with Gasteiger partial charge in [0.1, 0.15) is 36.1 Å². The van der Waals surface area contributed by atoms with Crippen molar-refractivity contribution in [3.63, 3.8) is 0 Å². The van der Waals surface area contributed by atoms with Crippen molar-refractivity contribution in [2.45, 2.75) is 31.5 Å². The maximum Gasteiger partial charge on any atom is 0.472 e. The van der Waals surface area contributed by atoms with Gasteiger partial charge in [-0.2, -0.15) is 0 Å². The Labute approximate surface area is 208 Å². The van der Waals surface area contributed by atoms with Crippen LogP contribution in [-0.2, 0) is 27.9 Å². The highest BCUT2D eigenvalue weighted by Gasteiger charge is 2.42. The van der Waals surface area contributed by atoms with Crippen LogP contribution in [0.4, 0.5) is 0 Å². The van der Waals surface area contributed by atoms with E-state index in [0.717, 1.165) is 0 Å². The Bertz CT molecular complexity index is 895. The summed E-state index contributed by atoms with van der Waals surface area (Å²) in [5.41, 5.74) is -0.621. The minimum atomic E-state index is -4.26. The molecule has 2 atom stereocenters. The second-order valence-electron chi connectivity index (χ2n) is 9.62. The number of quaternary nitrogens is 1. The summed E-state index contributed by atoms with van der Waals surface area (Å²) in [6.45, 7) is 4.72. The number of rotatable bonds is 14. The average molecular weight is 567 g/mol. The van der Waals surface area contributed by atoms with Crippen LogP contribution in [0.3, 0.4) is 0 Å². The van der Waals surface area contributed by atoms with Crippen molar-refractivity contribution in [3.05, 3.63) is 29.8 Å². The van der Waals surface area contributed by atoms with Crippen molar-refractivity contribution in [3.8, 4) is 5.75 Å². The predicted octanol–water partition coefficient (Wildman–Crippen LogP) is 3.36. The van der Waals surface area contributed by atoms with Crippen molar-refractivity contribution in [2.75, 3.05) is 47.5 Å². The molecule has 1 N–H and O–H groups in total. The lowest BCUT2D eigenvalue weighted by atomic mass is 9.83. The molecule has 0 saturated carbocycles. The van der Waals surface area contributed by atoms with E-state index in [4.69, 9.17) is 18.5 Å². The number of benzene rings is 1. The molecule has 10 nitrogen and oxygen atoms in total. The third-order valence-electron chi connectivity index (χ3n) is 4.57. The number of phosphoric acid groups is 1. The average Bonchev–Trinajstić information content (AvgIpc) is 2.69. The van der Waals surface area contributed by atoms with E-state index in [0.29, 0.717) is 22.9 Å². The number of likely N-dealkylation sites (N-methyl/N-ethyl adjacent to an activating group) is 1. The lowest BCUT2D eigenvalue weighted by Gasteiger charge is -2.30. The molecule has 0 heterocycles. The fourth-order valence-corrected chi connectivity index (χ4v) is 4.25. The highest BCUT2D eigenvalue weighted by Crippen LogP contribution is 2.43. The lowest BCUT2D eigenvalue weighted by Crippen LogP contribution is -2.40. The van der Waals surface area contributed by atoms with Gasteiger partial charge in [0.05, 0.1) is 33.2 Å². The van der Waals surface area contributed by atoms with Crippen molar-refractivity contribution in [1.29, 1.82) is 0 Å². The van der Waals surface area contributed by atoms with Crippen LogP contribution in [0.5, 0.6) is 5.75 Å². The summed E-state index contributed by atoms with van der Waals surface area (Å²) < 4.78 is 31.4. The van der Waals surface area contributed by atoms with E-state index in [-0.39, 0.29) is 32.0 Å². The summed E-state index contributed by atoms with van der Waals surface area (Å²) >= 11 is 3.31. The highest BCUT2D eigenvalue weighted by atomic mass is 79.9. The zero-order valence-corrected chi connectivity index (χ0v) is 22.9. The molecule has 0 fully saturated rings. The van der Waals surface area contributed by atoms with E-state index in [1.165, 1.54) is 24.3 Å². The first-order valence-corrected chi connectivity index (χ1v) is 12.8. The van der Waals surface area contributed by atoms with Gasteiger partial charge in [-0.1, -0.05) is 15.9 Å². The number of phosphoric ester groups is 1. The molecule has 0 amide bonds. The summed E-state index contributed by atoms with van der Waals surface area (Å²) in [6, 6.07) is 6.06. The van der Waals surface area contributed by atoms with Crippen molar-refractivity contribution < 1.29 is 46.8 Å². The van der Waals surface area contributed by atoms with Gasteiger partial charge in [-0.15, -0.1) is 0 Å². The van der Waals surface area contributed by atoms with Crippen molar-refractivity contribution >= 4 is 42.0 Å². The van der Waals surface area contributed by atoms with E-state index in [1.54, 1.807) is 20.8 Å². The molecule has 192 valence electrons. The molecule has 0 aliphatic carbocycles. The number of hydrogen-bond donors (Lipinski definition) is 1. The quantitative estimate of drug-likeness (QED) is 0.0685. The van der Waals surface area contributed by atoms with E-state index in [9.17, 15) is 23.8 Å². The molecule has 0 aromatic heterocycles. The van der Waals surface area contributed by atoms with Crippen LogP contribution in [0.25, 0.3) is 0 Å². The predicted molar refractivity (Wildman–Crippen MR) is 129 cm³/mol. The Hall–Kier alpha value is -1.62. The zero-order valence-electron chi connectivity index (χ0n) is 20.4. The molecular weight excluding hydrogens is 533 g/mol. The molecular formula is C22H34BrNO9P+. The summed E-state index contributed by atoms with van der Waals surface area (Å²) in [5, 5.41) is 0. The molecule has 1 rings (SSSR count). The molecule has 0 spiro atoms. The fraction of sp³-hybridized carbons (Fsp3) is 0.591. The Morgan fingerprint density at radius 3 is 2.12 bits per heavy atom. The fourth-order valence-electron chi connectivity index (χ4n) is 2.74. The Kier molecular flexibility index (Phi) is 11.1. The van der Waals surface area contributed by atoms with Gasteiger partial charge in [-0.05, 0) is 51.5 Å². The van der Waals surface area contributed by atoms with Crippen molar-refractivity contribution in [2.24, 2.45) is 5.41 Å². The molecule has 34 heavy (non-hydrogen) atoms. The summed E-state index contributed by atoms with van der Waals surface area (Å²) in [6.07, 6.45) is 0.721. The minimum absolute atomic E-state index is 0.0307. The molecule has 0 aliphatic heterocycles. The second kappa shape index (κ2) is 12.4. The SMILES string of the molecule is CC(C)(CC(C)(Br)C(=O)OCCOP(=O)(O)OCC[N+](C)(C)C)C(=O)Oc1ccc(C=O)cc1. The van der Waals surface area contributed by atoms with Crippen LogP contribution < -0.4 is 4.74 Å². The standard InChI is InChI=1S/C22H33BrNO9P/c1-21(2,19(26)33-18-9-7-17(15-25)8-10-18)16-22(3,23)20(27)30-13-14-32-34(28,29)31-12-11-24(4,5)6/h7-10,15H,11-14,16H2,1-6H3/p+1. The van der Waals surface area contributed by atoms with E-state index < -0.39 is 29.5 Å². The number of carbonyl (C=O) groups is 3. The maximum absolute atomic E-state index is 12.6. The van der Waals surface area contributed by atoms with Gasteiger partial charge in [-0.25, -0.2) is 4.57 Å². The largest absolute Gasteiger partial charge is 0.472 e. The van der Waals surface area contributed by atoms with Crippen LogP contribution in [0.1, 0.15) is 37.6 Å². The van der Waals surface area contributed by atoms with Crippen LogP contribution >= 0.6 is 23.8 Å². The molecule has 0 bridgehead atoms. The molecule has 2 unspecified atom stereocenters. The monoisotopic (exact) mass is 566 g/mol. The molecule has 0 radical (unpaired) electrons. The van der Waals surface area contributed by atoms with Gasteiger partial charge in [0.25, 0.3) is 0 Å². The lowest BCUT2D eigenvalue weighted by molar-refractivity contribution is -0.870. The normalized spacial score (nSPS) is 15.6. The highest BCUT2D eigenvalue weighted by molar-refractivity contribution is 9.10. The third-order valence-corrected chi connectivity index (χ3v) is 6.19. The first-order chi connectivity index (χ1) is 15.5. The van der Waals surface area contributed by atoms with Crippen LogP contribution in [0.2, 0.25) is 0 Å². The number of halogens is 1. The third kappa shape index (κ3) is 11.2. The topological polar surface area (TPSA) is 125 Å². The van der Waals surface area contributed by atoms with Gasteiger partial charge in [0.15, 0.2) is 0 Å². The van der Waals surface area contributed by atoms with Gasteiger partial charge in [0, 0.05) is 5.56 Å². The van der Waals surface area contributed by atoms with Crippen LogP contribution in [0, 0.1) is 5.41 Å². The maximum atomic E-state index is 12.6.